The molecular weight excluding hydrogens is 306 g/mol. The summed E-state index contributed by atoms with van der Waals surface area (Å²) >= 11 is 3.45. The molecule has 4 nitrogen and oxygen atoms in total. The van der Waals surface area contributed by atoms with Gasteiger partial charge in [-0.25, -0.2) is 4.68 Å². The highest BCUT2D eigenvalue weighted by Crippen LogP contribution is 2.32. The van der Waals surface area contributed by atoms with Crippen LogP contribution in [0.2, 0.25) is 0 Å². The molecule has 0 radical (unpaired) electrons. The van der Waals surface area contributed by atoms with Crippen LogP contribution in [0.4, 0.5) is 5.82 Å². The SMILES string of the molecule is CCOc1ccccc1C(C)n1nc(C)c(Br)c1N. The molecule has 0 spiro atoms. The Bertz CT molecular complexity index is 580. The third-order valence-electron chi connectivity index (χ3n) is 3.08. The van der Waals surface area contributed by atoms with E-state index in [4.69, 9.17) is 10.5 Å². The van der Waals surface area contributed by atoms with Crippen LogP contribution in [0.1, 0.15) is 31.1 Å². The van der Waals surface area contributed by atoms with Crippen LogP contribution in [-0.2, 0) is 0 Å². The molecule has 0 fully saturated rings. The first-order valence-corrected chi connectivity index (χ1v) is 7.07. The second-order valence-electron chi connectivity index (χ2n) is 4.38. The van der Waals surface area contributed by atoms with Gasteiger partial charge in [0.15, 0.2) is 0 Å². The number of anilines is 1. The Morgan fingerprint density at radius 2 is 2.11 bits per heavy atom. The number of nitrogens with two attached hydrogens (primary N) is 1. The lowest BCUT2D eigenvalue weighted by Gasteiger charge is -2.18. The molecule has 0 aliphatic carbocycles. The topological polar surface area (TPSA) is 53.1 Å². The average molecular weight is 324 g/mol. The molecule has 0 aliphatic rings. The third kappa shape index (κ3) is 2.61. The molecule has 0 saturated carbocycles. The number of nitrogens with zero attached hydrogens (tertiary/aromatic N) is 2. The van der Waals surface area contributed by atoms with E-state index in [-0.39, 0.29) is 6.04 Å². The van der Waals surface area contributed by atoms with Crippen molar-refractivity contribution < 1.29 is 4.74 Å². The van der Waals surface area contributed by atoms with Crippen LogP contribution in [-0.4, -0.2) is 16.4 Å². The first-order chi connectivity index (χ1) is 9.06. The number of benzene rings is 1. The summed E-state index contributed by atoms with van der Waals surface area (Å²) in [4.78, 5) is 0. The Kier molecular flexibility index (Phi) is 4.14. The summed E-state index contributed by atoms with van der Waals surface area (Å²) in [6, 6.07) is 7.99. The van der Waals surface area contributed by atoms with Crippen molar-refractivity contribution in [2.24, 2.45) is 0 Å². The van der Waals surface area contributed by atoms with Crippen molar-refractivity contribution in [3.63, 3.8) is 0 Å². The van der Waals surface area contributed by atoms with E-state index in [1.165, 1.54) is 0 Å². The lowest BCUT2D eigenvalue weighted by Crippen LogP contribution is -2.13. The molecule has 0 saturated heterocycles. The van der Waals surface area contributed by atoms with Crippen molar-refractivity contribution in [1.82, 2.24) is 9.78 Å². The summed E-state index contributed by atoms with van der Waals surface area (Å²) in [5.41, 5.74) is 8.04. The molecule has 2 aromatic rings. The van der Waals surface area contributed by atoms with Crippen LogP contribution in [0.3, 0.4) is 0 Å². The second kappa shape index (κ2) is 5.65. The van der Waals surface area contributed by atoms with E-state index in [0.29, 0.717) is 12.4 Å². The molecule has 1 unspecified atom stereocenters. The number of aromatic nitrogens is 2. The Labute approximate surface area is 121 Å². The van der Waals surface area contributed by atoms with Gasteiger partial charge in [-0.3, -0.25) is 0 Å². The minimum atomic E-state index is 0.0211. The first kappa shape index (κ1) is 13.9. The average Bonchev–Trinajstić information content (AvgIpc) is 2.67. The standard InChI is InChI=1S/C14H18BrN3O/c1-4-19-12-8-6-5-7-11(12)10(3)18-14(16)13(15)9(2)17-18/h5-8,10H,4,16H2,1-3H3. The van der Waals surface area contributed by atoms with Crippen LogP contribution in [0.5, 0.6) is 5.75 Å². The summed E-state index contributed by atoms with van der Waals surface area (Å²) in [5, 5.41) is 4.48. The number of aryl methyl sites for hydroxylation is 1. The molecule has 1 atom stereocenters. The number of nitrogen functional groups attached to an aromatic ring is 1. The van der Waals surface area contributed by atoms with Gasteiger partial charge in [0.1, 0.15) is 11.6 Å². The molecule has 19 heavy (non-hydrogen) atoms. The molecule has 1 aromatic carbocycles. The number of hydrogen-bond donors (Lipinski definition) is 1. The lowest BCUT2D eigenvalue weighted by molar-refractivity contribution is 0.332. The Morgan fingerprint density at radius 1 is 1.42 bits per heavy atom. The zero-order valence-electron chi connectivity index (χ0n) is 11.4. The number of para-hydroxylation sites is 1. The normalized spacial score (nSPS) is 12.4. The third-order valence-corrected chi connectivity index (χ3v) is 4.06. The molecule has 102 valence electrons. The molecule has 5 heteroatoms. The fourth-order valence-corrected chi connectivity index (χ4v) is 2.35. The van der Waals surface area contributed by atoms with Crippen molar-refractivity contribution >= 4 is 21.7 Å². The van der Waals surface area contributed by atoms with Crippen LogP contribution < -0.4 is 10.5 Å². The zero-order valence-corrected chi connectivity index (χ0v) is 12.9. The van der Waals surface area contributed by atoms with Crippen molar-refractivity contribution in [3.05, 3.63) is 40.0 Å². The molecule has 1 heterocycles. The molecule has 0 amide bonds. The van der Waals surface area contributed by atoms with Crippen LogP contribution in [0, 0.1) is 6.92 Å². The van der Waals surface area contributed by atoms with Crippen molar-refractivity contribution in [2.45, 2.75) is 26.8 Å². The monoisotopic (exact) mass is 323 g/mol. The minimum absolute atomic E-state index is 0.0211. The molecule has 2 N–H and O–H groups in total. The van der Waals surface area contributed by atoms with Gasteiger partial charge in [0.05, 0.1) is 22.8 Å². The largest absolute Gasteiger partial charge is 0.494 e. The number of halogens is 1. The smallest absolute Gasteiger partial charge is 0.137 e. The van der Waals surface area contributed by atoms with Crippen LogP contribution >= 0.6 is 15.9 Å². The fraction of sp³-hybridized carbons (Fsp3) is 0.357. The molecule has 0 bridgehead atoms. The van der Waals surface area contributed by atoms with E-state index in [1.807, 2.05) is 42.8 Å². The number of hydrogen-bond acceptors (Lipinski definition) is 3. The number of rotatable bonds is 4. The van der Waals surface area contributed by atoms with E-state index in [2.05, 4.69) is 28.0 Å². The van der Waals surface area contributed by atoms with Gasteiger partial charge < -0.3 is 10.5 Å². The van der Waals surface area contributed by atoms with E-state index in [9.17, 15) is 0 Å². The van der Waals surface area contributed by atoms with Gasteiger partial charge in [-0.05, 0) is 42.8 Å². The van der Waals surface area contributed by atoms with Gasteiger partial charge in [0.2, 0.25) is 0 Å². The van der Waals surface area contributed by atoms with Gasteiger partial charge in [0, 0.05) is 5.56 Å². The number of ether oxygens (including phenoxy) is 1. The minimum Gasteiger partial charge on any atom is -0.494 e. The Morgan fingerprint density at radius 3 is 2.68 bits per heavy atom. The van der Waals surface area contributed by atoms with Crippen molar-refractivity contribution in [2.75, 3.05) is 12.3 Å². The predicted octanol–water partition coefficient (Wildman–Crippen LogP) is 3.54. The summed E-state index contributed by atoms with van der Waals surface area (Å²) in [5.74, 6) is 1.51. The van der Waals surface area contributed by atoms with E-state index in [1.54, 1.807) is 0 Å². The fourth-order valence-electron chi connectivity index (χ4n) is 2.08. The van der Waals surface area contributed by atoms with Crippen molar-refractivity contribution in [3.8, 4) is 5.75 Å². The molecule has 2 rings (SSSR count). The quantitative estimate of drug-likeness (QED) is 0.936. The lowest BCUT2D eigenvalue weighted by atomic mass is 10.1. The zero-order chi connectivity index (χ0) is 14.0. The summed E-state index contributed by atoms with van der Waals surface area (Å²) < 4.78 is 8.33. The second-order valence-corrected chi connectivity index (χ2v) is 5.17. The molecule has 1 aromatic heterocycles. The van der Waals surface area contributed by atoms with Gasteiger partial charge in [-0.15, -0.1) is 0 Å². The summed E-state index contributed by atoms with van der Waals surface area (Å²) in [6.07, 6.45) is 0. The van der Waals surface area contributed by atoms with E-state index >= 15 is 0 Å². The summed E-state index contributed by atoms with van der Waals surface area (Å²) in [6.45, 7) is 6.61. The maximum Gasteiger partial charge on any atom is 0.137 e. The van der Waals surface area contributed by atoms with Crippen molar-refractivity contribution in [1.29, 1.82) is 0 Å². The van der Waals surface area contributed by atoms with E-state index in [0.717, 1.165) is 21.5 Å². The molecular formula is C14H18BrN3O. The van der Waals surface area contributed by atoms with Crippen LogP contribution in [0.25, 0.3) is 0 Å². The Hall–Kier alpha value is -1.49. The predicted molar refractivity (Wildman–Crippen MR) is 80.5 cm³/mol. The molecule has 0 aliphatic heterocycles. The van der Waals surface area contributed by atoms with Gasteiger partial charge in [-0.1, -0.05) is 18.2 Å². The van der Waals surface area contributed by atoms with Gasteiger partial charge in [-0.2, -0.15) is 5.10 Å². The van der Waals surface area contributed by atoms with Crippen LogP contribution in [0.15, 0.2) is 28.7 Å². The maximum absolute atomic E-state index is 6.08. The first-order valence-electron chi connectivity index (χ1n) is 6.28. The summed E-state index contributed by atoms with van der Waals surface area (Å²) in [7, 11) is 0. The Balaban J connectivity index is 2.43. The van der Waals surface area contributed by atoms with Gasteiger partial charge >= 0.3 is 0 Å². The highest BCUT2D eigenvalue weighted by Gasteiger charge is 2.19. The highest BCUT2D eigenvalue weighted by atomic mass is 79.9. The van der Waals surface area contributed by atoms with E-state index < -0.39 is 0 Å². The highest BCUT2D eigenvalue weighted by molar-refractivity contribution is 9.10. The maximum atomic E-state index is 6.08. The van der Waals surface area contributed by atoms with Gasteiger partial charge in [0.25, 0.3) is 0 Å².